The maximum absolute atomic E-state index is 13.6. The fourth-order valence-corrected chi connectivity index (χ4v) is 2.54. The normalized spacial score (nSPS) is 18.2. The SMILES string of the molecule is CC(C)CN1CCN(Cc2ccc(F)cc2F)CC1. The van der Waals surface area contributed by atoms with E-state index in [1.807, 2.05) is 0 Å². The van der Waals surface area contributed by atoms with Gasteiger partial charge in [-0.25, -0.2) is 8.78 Å². The highest BCUT2D eigenvalue weighted by Gasteiger charge is 2.18. The predicted molar refractivity (Wildman–Crippen MR) is 72.9 cm³/mol. The molecule has 0 radical (unpaired) electrons. The van der Waals surface area contributed by atoms with Gasteiger partial charge in [0, 0.05) is 50.9 Å². The van der Waals surface area contributed by atoms with Gasteiger partial charge in [0.15, 0.2) is 0 Å². The van der Waals surface area contributed by atoms with Crippen molar-refractivity contribution in [2.45, 2.75) is 20.4 Å². The van der Waals surface area contributed by atoms with E-state index in [9.17, 15) is 8.78 Å². The summed E-state index contributed by atoms with van der Waals surface area (Å²) in [6.45, 7) is 10.1. The minimum atomic E-state index is -0.511. The Kier molecular flexibility index (Phi) is 4.88. The Bertz CT molecular complexity index is 413. The van der Waals surface area contributed by atoms with Crippen LogP contribution >= 0.6 is 0 Å². The van der Waals surface area contributed by atoms with Gasteiger partial charge in [-0.15, -0.1) is 0 Å². The molecule has 0 saturated carbocycles. The standard InChI is InChI=1S/C15H22F2N2/c1-12(2)10-18-5-7-19(8-6-18)11-13-3-4-14(16)9-15(13)17/h3-4,9,12H,5-8,10-11H2,1-2H3. The van der Waals surface area contributed by atoms with Crippen LogP contribution in [-0.2, 0) is 6.54 Å². The van der Waals surface area contributed by atoms with Crippen LogP contribution in [0, 0.1) is 17.6 Å². The topological polar surface area (TPSA) is 6.48 Å². The van der Waals surface area contributed by atoms with E-state index in [-0.39, 0.29) is 0 Å². The Labute approximate surface area is 114 Å². The predicted octanol–water partition coefficient (Wildman–Crippen LogP) is 2.74. The summed E-state index contributed by atoms with van der Waals surface area (Å²) in [5, 5.41) is 0. The van der Waals surface area contributed by atoms with E-state index in [0.717, 1.165) is 38.8 Å². The first-order valence-electron chi connectivity index (χ1n) is 6.93. The third kappa shape index (κ3) is 4.25. The average molecular weight is 268 g/mol. The second kappa shape index (κ2) is 6.44. The zero-order valence-corrected chi connectivity index (χ0v) is 11.7. The average Bonchev–Trinajstić information content (AvgIpc) is 2.34. The van der Waals surface area contributed by atoms with Crippen molar-refractivity contribution in [3.8, 4) is 0 Å². The number of hydrogen-bond acceptors (Lipinski definition) is 2. The number of piperazine rings is 1. The lowest BCUT2D eigenvalue weighted by Crippen LogP contribution is -2.46. The van der Waals surface area contributed by atoms with Crippen LogP contribution in [0.3, 0.4) is 0 Å². The highest BCUT2D eigenvalue weighted by Crippen LogP contribution is 2.14. The van der Waals surface area contributed by atoms with E-state index in [4.69, 9.17) is 0 Å². The van der Waals surface area contributed by atoms with Crippen molar-refractivity contribution in [1.82, 2.24) is 9.80 Å². The smallest absolute Gasteiger partial charge is 0.130 e. The second-order valence-corrected chi connectivity index (χ2v) is 5.71. The van der Waals surface area contributed by atoms with Gasteiger partial charge < -0.3 is 4.90 Å². The molecule has 1 aromatic carbocycles. The van der Waals surface area contributed by atoms with Gasteiger partial charge in [-0.2, -0.15) is 0 Å². The number of halogens is 2. The summed E-state index contributed by atoms with van der Waals surface area (Å²) in [4.78, 5) is 4.68. The van der Waals surface area contributed by atoms with Crippen LogP contribution in [0.25, 0.3) is 0 Å². The van der Waals surface area contributed by atoms with Gasteiger partial charge in [0.25, 0.3) is 0 Å². The van der Waals surface area contributed by atoms with Crippen LogP contribution in [0.1, 0.15) is 19.4 Å². The van der Waals surface area contributed by atoms with Crippen molar-refractivity contribution >= 4 is 0 Å². The molecular formula is C15H22F2N2. The Morgan fingerprint density at radius 2 is 1.68 bits per heavy atom. The number of benzene rings is 1. The Morgan fingerprint density at radius 1 is 1.05 bits per heavy atom. The van der Waals surface area contributed by atoms with Crippen LogP contribution in [0.4, 0.5) is 8.78 Å². The summed E-state index contributed by atoms with van der Waals surface area (Å²) in [7, 11) is 0. The monoisotopic (exact) mass is 268 g/mol. The Morgan fingerprint density at radius 3 is 2.26 bits per heavy atom. The molecule has 4 heteroatoms. The maximum Gasteiger partial charge on any atom is 0.130 e. The van der Waals surface area contributed by atoms with Gasteiger partial charge in [-0.1, -0.05) is 19.9 Å². The Balaban J connectivity index is 1.85. The number of nitrogens with zero attached hydrogens (tertiary/aromatic N) is 2. The van der Waals surface area contributed by atoms with Crippen molar-refractivity contribution in [3.05, 3.63) is 35.4 Å². The summed E-state index contributed by atoms with van der Waals surface area (Å²) >= 11 is 0. The molecular weight excluding hydrogens is 246 g/mol. The van der Waals surface area contributed by atoms with Gasteiger partial charge in [0.05, 0.1) is 0 Å². The molecule has 2 nitrogen and oxygen atoms in total. The quantitative estimate of drug-likeness (QED) is 0.828. The molecule has 1 aliphatic rings. The van der Waals surface area contributed by atoms with Crippen LogP contribution in [0.2, 0.25) is 0 Å². The molecule has 106 valence electrons. The molecule has 0 bridgehead atoms. The number of rotatable bonds is 4. The van der Waals surface area contributed by atoms with E-state index in [0.29, 0.717) is 18.0 Å². The molecule has 1 saturated heterocycles. The first-order chi connectivity index (χ1) is 9.04. The van der Waals surface area contributed by atoms with Gasteiger partial charge in [-0.05, 0) is 12.0 Å². The van der Waals surface area contributed by atoms with Crippen molar-refractivity contribution in [1.29, 1.82) is 0 Å². The van der Waals surface area contributed by atoms with E-state index < -0.39 is 11.6 Å². The van der Waals surface area contributed by atoms with Crippen molar-refractivity contribution in [3.63, 3.8) is 0 Å². The molecule has 0 N–H and O–H groups in total. The molecule has 1 heterocycles. The van der Waals surface area contributed by atoms with Crippen molar-refractivity contribution in [2.75, 3.05) is 32.7 Å². The highest BCUT2D eigenvalue weighted by atomic mass is 19.1. The molecule has 1 fully saturated rings. The lowest BCUT2D eigenvalue weighted by molar-refractivity contribution is 0.116. The lowest BCUT2D eigenvalue weighted by Gasteiger charge is -2.35. The van der Waals surface area contributed by atoms with Crippen LogP contribution in [0.15, 0.2) is 18.2 Å². The molecule has 19 heavy (non-hydrogen) atoms. The second-order valence-electron chi connectivity index (χ2n) is 5.71. The summed E-state index contributed by atoms with van der Waals surface area (Å²) < 4.78 is 26.4. The maximum atomic E-state index is 13.6. The molecule has 0 unspecified atom stereocenters. The molecule has 0 atom stereocenters. The van der Waals surface area contributed by atoms with Crippen LogP contribution in [0.5, 0.6) is 0 Å². The molecule has 0 aliphatic carbocycles. The molecule has 1 aliphatic heterocycles. The lowest BCUT2D eigenvalue weighted by atomic mass is 10.1. The molecule has 0 aromatic heterocycles. The van der Waals surface area contributed by atoms with Crippen molar-refractivity contribution in [2.24, 2.45) is 5.92 Å². The van der Waals surface area contributed by atoms with E-state index in [1.54, 1.807) is 6.07 Å². The van der Waals surface area contributed by atoms with Gasteiger partial charge in [-0.3, -0.25) is 4.90 Å². The molecule has 0 spiro atoms. The Hall–Kier alpha value is -1.00. The van der Waals surface area contributed by atoms with E-state index >= 15 is 0 Å². The highest BCUT2D eigenvalue weighted by molar-refractivity contribution is 5.18. The summed E-state index contributed by atoms with van der Waals surface area (Å²) in [5.41, 5.74) is 0.582. The van der Waals surface area contributed by atoms with Gasteiger partial charge >= 0.3 is 0 Å². The third-order valence-electron chi connectivity index (χ3n) is 3.50. The largest absolute Gasteiger partial charge is 0.301 e. The fraction of sp³-hybridized carbons (Fsp3) is 0.600. The fourth-order valence-electron chi connectivity index (χ4n) is 2.54. The first kappa shape index (κ1) is 14.4. The zero-order chi connectivity index (χ0) is 13.8. The minimum absolute atomic E-state index is 0.440. The van der Waals surface area contributed by atoms with Gasteiger partial charge in [0.2, 0.25) is 0 Å². The third-order valence-corrected chi connectivity index (χ3v) is 3.50. The van der Waals surface area contributed by atoms with Crippen LogP contribution in [-0.4, -0.2) is 42.5 Å². The zero-order valence-electron chi connectivity index (χ0n) is 11.7. The molecule has 2 rings (SSSR count). The van der Waals surface area contributed by atoms with Gasteiger partial charge in [0.1, 0.15) is 11.6 Å². The summed E-state index contributed by atoms with van der Waals surface area (Å²) in [5.74, 6) is -0.270. The molecule has 0 amide bonds. The van der Waals surface area contributed by atoms with E-state index in [1.165, 1.54) is 6.07 Å². The van der Waals surface area contributed by atoms with E-state index in [2.05, 4.69) is 23.6 Å². The minimum Gasteiger partial charge on any atom is -0.301 e. The summed E-state index contributed by atoms with van der Waals surface area (Å²) in [6, 6.07) is 3.84. The number of hydrogen-bond donors (Lipinski definition) is 0. The van der Waals surface area contributed by atoms with Crippen molar-refractivity contribution < 1.29 is 8.78 Å². The van der Waals surface area contributed by atoms with Crippen LogP contribution < -0.4 is 0 Å². The molecule has 1 aromatic rings. The first-order valence-corrected chi connectivity index (χ1v) is 6.93. The summed E-state index contributed by atoms with van der Waals surface area (Å²) in [6.07, 6.45) is 0.